The molecule has 0 radical (unpaired) electrons. The van der Waals surface area contributed by atoms with Crippen LogP contribution in [0.5, 0.6) is 0 Å². The first-order valence-corrected chi connectivity index (χ1v) is 7.32. The summed E-state index contributed by atoms with van der Waals surface area (Å²) >= 11 is 1.68. The van der Waals surface area contributed by atoms with Crippen molar-refractivity contribution in [2.24, 2.45) is 0 Å². The van der Waals surface area contributed by atoms with Crippen LogP contribution in [0.25, 0.3) is 11.5 Å². The molecule has 3 aromatic rings. The number of nitrogens with zero attached hydrogens (tertiary/aromatic N) is 3. The maximum absolute atomic E-state index is 5.65. The van der Waals surface area contributed by atoms with E-state index in [-0.39, 0.29) is 0 Å². The molecule has 3 rings (SSSR count). The molecule has 0 spiro atoms. The van der Waals surface area contributed by atoms with Gasteiger partial charge in [0.15, 0.2) is 0 Å². The predicted octanol–water partition coefficient (Wildman–Crippen LogP) is 3.47. The molecular formula is C15H13N3OS. The van der Waals surface area contributed by atoms with Crippen molar-refractivity contribution in [1.29, 1.82) is 0 Å². The quantitative estimate of drug-likeness (QED) is 0.671. The van der Waals surface area contributed by atoms with E-state index in [1.54, 1.807) is 18.0 Å². The molecule has 0 aliphatic heterocycles. The lowest BCUT2D eigenvalue weighted by Crippen LogP contribution is -1.89. The molecule has 0 saturated heterocycles. The normalized spacial score (nSPS) is 10.6. The van der Waals surface area contributed by atoms with Crippen molar-refractivity contribution >= 4 is 11.8 Å². The summed E-state index contributed by atoms with van der Waals surface area (Å²) in [5.41, 5.74) is 0.948. The minimum absolute atomic E-state index is 0.573. The number of pyridine rings is 1. The molecular weight excluding hydrogens is 270 g/mol. The second-order valence-corrected chi connectivity index (χ2v) is 5.25. The van der Waals surface area contributed by atoms with E-state index in [2.05, 4.69) is 15.2 Å². The lowest BCUT2D eigenvalue weighted by Gasteiger charge is -1.97. The van der Waals surface area contributed by atoms with Crippen LogP contribution in [0.15, 0.2) is 64.2 Å². The molecule has 5 heteroatoms. The third-order valence-corrected chi connectivity index (χ3v) is 3.64. The minimum Gasteiger partial charge on any atom is -0.421 e. The van der Waals surface area contributed by atoms with Crippen molar-refractivity contribution in [1.82, 2.24) is 15.2 Å². The van der Waals surface area contributed by atoms with E-state index in [4.69, 9.17) is 4.42 Å². The average molecular weight is 283 g/mol. The summed E-state index contributed by atoms with van der Waals surface area (Å²) in [5.74, 6) is 2.10. The highest BCUT2D eigenvalue weighted by Gasteiger charge is 2.07. The van der Waals surface area contributed by atoms with E-state index >= 15 is 0 Å². The van der Waals surface area contributed by atoms with Gasteiger partial charge in [-0.3, -0.25) is 0 Å². The molecule has 2 aromatic heterocycles. The van der Waals surface area contributed by atoms with Crippen molar-refractivity contribution in [3.05, 3.63) is 60.6 Å². The van der Waals surface area contributed by atoms with E-state index in [1.807, 2.05) is 48.5 Å². The molecule has 0 N–H and O–H groups in total. The van der Waals surface area contributed by atoms with Gasteiger partial charge in [0.2, 0.25) is 11.8 Å². The number of hydrogen-bond acceptors (Lipinski definition) is 5. The Kier molecular flexibility index (Phi) is 4.08. The van der Waals surface area contributed by atoms with Crippen molar-refractivity contribution in [3.63, 3.8) is 0 Å². The van der Waals surface area contributed by atoms with Gasteiger partial charge in [-0.2, -0.15) is 0 Å². The van der Waals surface area contributed by atoms with Gasteiger partial charge < -0.3 is 4.42 Å². The molecule has 0 aliphatic rings. The lowest BCUT2D eigenvalue weighted by atomic mass is 10.2. The molecule has 100 valence electrons. The van der Waals surface area contributed by atoms with Crippen LogP contribution in [-0.4, -0.2) is 20.9 Å². The Morgan fingerprint density at radius 3 is 2.60 bits per heavy atom. The highest BCUT2D eigenvalue weighted by Crippen LogP contribution is 2.19. The van der Waals surface area contributed by atoms with E-state index in [1.165, 1.54) is 0 Å². The Labute approximate surface area is 121 Å². The summed E-state index contributed by atoms with van der Waals surface area (Å²) in [6.45, 7) is 0. The Morgan fingerprint density at radius 2 is 1.80 bits per heavy atom. The van der Waals surface area contributed by atoms with E-state index in [0.717, 1.165) is 22.8 Å². The smallest absolute Gasteiger partial charge is 0.247 e. The van der Waals surface area contributed by atoms with Crippen molar-refractivity contribution in [2.75, 3.05) is 5.75 Å². The first kappa shape index (κ1) is 12.9. The van der Waals surface area contributed by atoms with E-state index in [9.17, 15) is 0 Å². The second-order valence-electron chi connectivity index (χ2n) is 4.13. The van der Waals surface area contributed by atoms with Gasteiger partial charge in [-0.15, -0.1) is 22.0 Å². The second kappa shape index (κ2) is 6.34. The van der Waals surface area contributed by atoms with Crippen molar-refractivity contribution < 1.29 is 4.42 Å². The highest BCUT2D eigenvalue weighted by atomic mass is 32.2. The van der Waals surface area contributed by atoms with Gasteiger partial charge in [-0.25, -0.2) is 4.98 Å². The molecule has 0 fully saturated rings. The summed E-state index contributed by atoms with van der Waals surface area (Å²) in [5, 5.41) is 9.15. The molecule has 0 saturated carbocycles. The standard InChI is InChI=1S/C15H13N3OS/c1-2-6-12(7-3-1)15-18-17-13(19-15)9-11-20-14-8-4-5-10-16-14/h1-8,10H,9,11H2. The van der Waals surface area contributed by atoms with Gasteiger partial charge in [-0.1, -0.05) is 24.3 Å². The fourth-order valence-electron chi connectivity index (χ4n) is 1.73. The molecule has 0 amide bonds. The maximum atomic E-state index is 5.65. The average Bonchev–Trinajstić information content (AvgIpc) is 2.98. The van der Waals surface area contributed by atoms with Crippen LogP contribution in [0.3, 0.4) is 0 Å². The number of hydrogen-bond donors (Lipinski definition) is 0. The van der Waals surface area contributed by atoms with Gasteiger partial charge in [0.05, 0.1) is 5.03 Å². The number of rotatable bonds is 5. The summed E-state index contributed by atoms with van der Waals surface area (Å²) in [6, 6.07) is 15.7. The Morgan fingerprint density at radius 1 is 0.950 bits per heavy atom. The van der Waals surface area contributed by atoms with Crippen molar-refractivity contribution in [2.45, 2.75) is 11.4 Å². The zero-order valence-electron chi connectivity index (χ0n) is 10.8. The fourth-order valence-corrected chi connectivity index (χ4v) is 2.52. The Balaban J connectivity index is 1.58. The first-order chi connectivity index (χ1) is 9.92. The van der Waals surface area contributed by atoms with Crippen LogP contribution in [0.2, 0.25) is 0 Å². The van der Waals surface area contributed by atoms with Gasteiger partial charge in [0, 0.05) is 23.9 Å². The summed E-state index contributed by atoms with van der Waals surface area (Å²) in [7, 11) is 0. The van der Waals surface area contributed by atoms with Gasteiger partial charge in [0.25, 0.3) is 0 Å². The van der Waals surface area contributed by atoms with Gasteiger partial charge >= 0.3 is 0 Å². The fraction of sp³-hybridized carbons (Fsp3) is 0.133. The SMILES string of the molecule is c1ccc(-c2nnc(CCSc3ccccn3)o2)cc1. The van der Waals surface area contributed by atoms with Crippen molar-refractivity contribution in [3.8, 4) is 11.5 Å². The van der Waals surface area contributed by atoms with E-state index < -0.39 is 0 Å². The zero-order valence-corrected chi connectivity index (χ0v) is 11.6. The number of aromatic nitrogens is 3. The summed E-state index contributed by atoms with van der Waals surface area (Å²) < 4.78 is 5.65. The maximum Gasteiger partial charge on any atom is 0.247 e. The molecule has 20 heavy (non-hydrogen) atoms. The van der Waals surface area contributed by atoms with Crippen LogP contribution in [0.4, 0.5) is 0 Å². The summed E-state index contributed by atoms with van der Waals surface area (Å²) in [4.78, 5) is 4.26. The number of thioether (sulfide) groups is 1. The molecule has 0 atom stereocenters. The lowest BCUT2D eigenvalue weighted by molar-refractivity contribution is 0.514. The molecule has 2 heterocycles. The zero-order chi connectivity index (χ0) is 13.6. The van der Waals surface area contributed by atoms with E-state index in [0.29, 0.717) is 11.8 Å². The first-order valence-electron chi connectivity index (χ1n) is 6.33. The molecule has 0 unspecified atom stereocenters. The monoisotopic (exact) mass is 283 g/mol. The van der Waals surface area contributed by atoms with Crippen LogP contribution in [0, 0.1) is 0 Å². The third kappa shape index (κ3) is 3.24. The predicted molar refractivity (Wildman–Crippen MR) is 78.4 cm³/mol. The minimum atomic E-state index is 0.573. The molecule has 0 aliphatic carbocycles. The molecule has 0 bridgehead atoms. The van der Waals surface area contributed by atoms with Crippen LogP contribution < -0.4 is 0 Å². The van der Waals surface area contributed by atoms with Crippen LogP contribution in [0.1, 0.15) is 5.89 Å². The molecule has 1 aromatic carbocycles. The number of aryl methyl sites for hydroxylation is 1. The molecule has 4 nitrogen and oxygen atoms in total. The summed E-state index contributed by atoms with van der Waals surface area (Å²) in [6.07, 6.45) is 2.53. The van der Waals surface area contributed by atoms with Gasteiger partial charge in [0.1, 0.15) is 0 Å². The number of benzene rings is 1. The van der Waals surface area contributed by atoms with Crippen LogP contribution >= 0.6 is 11.8 Å². The highest BCUT2D eigenvalue weighted by molar-refractivity contribution is 7.99. The Bertz CT molecular complexity index is 655. The topological polar surface area (TPSA) is 51.8 Å². The largest absolute Gasteiger partial charge is 0.421 e. The van der Waals surface area contributed by atoms with Gasteiger partial charge in [-0.05, 0) is 24.3 Å². The third-order valence-electron chi connectivity index (χ3n) is 2.69. The Hall–Kier alpha value is -2.14. The van der Waals surface area contributed by atoms with Crippen LogP contribution in [-0.2, 0) is 6.42 Å².